The third-order valence-electron chi connectivity index (χ3n) is 1.22. The zero-order valence-corrected chi connectivity index (χ0v) is 7.39. The van der Waals surface area contributed by atoms with Crippen molar-refractivity contribution in [2.45, 2.75) is 40.0 Å². The van der Waals surface area contributed by atoms with E-state index in [0.29, 0.717) is 0 Å². The molecule has 0 rings (SSSR count). The van der Waals surface area contributed by atoms with Crippen LogP contribution in [-0.4, -0.2) is 11.7 Å². The van der Waals surface area contributed by atoms with E-state index in [1.165, 1.54) is 6.92 Å². The summed E-state index contributed by atoms with van der Waals surface area (Å²) in [7, 11) is 0. The summed E-state index contributed by atoms with van der Waals surface area (Å²) < 4.78 is 0. The van der Waals surface area contributed by atoms with E-state index >= 15 is 0 Å². The molecule has 64 valence electrons. The zero-order valence-electron chi connectivity index (χ0n) is 7.39. The van der Waals surface area contributed by atoms with Crippen LogP contribution in [0.15, 0.2) is 5.16 Å². The normalized spacial score (nSPS) is 11.4. The molecule has 0 spiro atoms. The Hall–Kier alpha value is -0.860. The Bertz CT molecular complexity index is 152. The van der Waals surface area contributed by atoms with Crippen LogP contribution in [0.2, 0.25) is 0 Å². The second-order valence-corrected chi connectivity index (χ2v) is 2.51. The van der Waals surface area contributed by atoms with Crippen LogP contribution in [0.3, 0.4) is 0 Å². The van der Waals surface area contributed by atoms with Crippen LogP contribution in [0.1, 0.15) is 40.0 Å². The fraction of sp³-hybridized carbons (Fsp3) is 0.750. The zero-order chi connectivity index (χ0) is 8.69. The van der Waals surface area contributed by atoms with E-state index < -0.39 is 0 Å². The van der Waals surface area contributed by atoms with E-state index in [9.17, 15) is 4.79 Å². The Labute approximate surface area is 67.4 Å². The number of hydrogen-bond donors (Lipinski definition) is 0. The van der Waals surface area contributed by atoms with Crippen LogP contribution < -0.4 is 0 Å². The van der Waals surface area contributed by atoms with Gasteiger partial charge in [-0.05, 0) is 19.8 Å². The molecule has 0 atom stereocenters. The number of oxime groups is 1. The number of carbonyl (C=O) groups is 1. The first-order chi connectivity index (χ1) is 5.16. The fourth-order valence-corrected chi connectivity index (χ4v) is 0.620. The molecule has 11 heavy (non-hydrogen) atoms. The third kappa shape index (κ3) is 7.03. The first-order valence-corrected chi connectivity index (χ1v) is 3.88. The fourth-order valence-electron chi connectivity index (χ4n) is 0.620. The van der Waals surface area contributed by atoms with Crippen molar-refractivity contribution in [3.8, 4) is 0 Å². The molecule has 0 heterocycles. The summed E-state index contributed by atoms with van der Waals surface area (Å²) in [4.78, 5) is 14.7. The molecule has 0 unspecified atom stereocenters. The van der Waals surface area contributed by atoms with Gasteiger partial charge >= 0.3 is 5.97 Å². The van der Waals surface area contributed by atoms with Crippen LogP contribution in [0, 0.1) is 0 Å². The Morgan fingerprint density at radius 2 is 2.09 bits per heavy atom. The average molecular weight is 157 g/mol. The van der Waals surface area contributed by atoms with E-state index in [2.05, 4.69) is 16.9 Å². The van der Waals surface area contributed by atoms with Crippen molar-refractivity contribution in [2.24, 2.45) is 5.16 Å². The van der Waals surface area contributed by atoms with Gasteiger partial charge < -0.3 is 4.84 Å². The number of rotatable bonds is 4. The summed E-state index contributed by atoms with van der Waals surface area (Å²) in [5.41, 5.74) is 0.877. The van der Waals surface area contributed by atoms with Gasteiger partial charge in [-0.3, -0.25) is 0 Å². The molecular weight excluding hydrogens is 142 g/mol. The minimum atomic E-state index is -0.360. The predicted octanol–water partition coefficient (Wildman–Crippen LogP) is 2.12. The molecule has 0 aromatic heterocycles. The minimum Gasteiger partial charge on any atom is -0.319 e. The molecule has 0 fully saturated rings. The molecule has 0 bridgehead atoms. The highest BCUT2D eigenvalue weighted by molar-refractivity contribution is 5.82. The molecule has 0 N–H and O–H groups in total. The van der Waals surface area contributed by atoms with Gasteiger partial charge in [0.15, 0.2) is 0 Å². The second kappa shape index (κ2) is 5.89. The topological polar surface area (TPSA) is 38.7 Å². The summed E-state index contributed by atoms with van der Waals surface area (Å²) in [5, 5.41) is 3.63. The van der Waals surface area contributed by atoms with Gasteiger partial charge in [0.05, 0.1) is 5.71 Å². The molecule has 0 saturated heterocycles. The first kappa shape index (κ1) is 10.1. The van der Waals surface area contributed by atoms with E-state index in [1.807, 2.05) is 6.92 Å². The summed E-state index contributed by atoms with van der Waals surface area (Å²) in [6, 6.07) is 0. The van der Waals surface area contributed by atoms with Crippen LogP contribution in [-0.2, 0) is 9.63 Å². The Kier molecular flexibility index (Phi) is 5.43. The van der Waals surface area contributed by atoms with Crippen molar-refractivity contribution in [3.05, 3.63) is 0 Å². The highest BCUT2D eigenvalue weighted by Crippen LogP contribution is 1.96. The van der Waals surface area contributed by atoms with Gasteiger partial charge in [-0.1, -0.05) is 18.5 Å². The van der Waals surface area contributed by atoms with Crippen molar-refractivity contribution in [2.75, 3.05) is 0 Å². The molecule has 0 aliphatic heterocycles. The third-order valence-corrected chi connectivity index (χ3v) is 1.22. The van der Waals surface area contributed by atoms with Gasteiger partial charge in [-0.2, -0.15) is 0 Å². The van der Waals surface area contributed by atoms with Gasteiger partial charge in [0, 0.05) is 6.92 Å². The van der Waals surface area contributed by atoms with Crippen molar-refractivity contribution < 1.29 is 9.63 Å². The lowest BCUT2D eigenvalue weighted by atomic mass is 10.2. The number of carbonyl (C=O) groups excluding carboxylic acids is 1. The van der Waals surface area contributed by atoms with E-state index in [0.717, 1.165) is 25.0 Å². The second-order valence-electron chi connectivity index (χ2n) is 2.51. The molecule has 0 amide bonds. The lowest BCUT2D eigenvalue weighted by molar-refractivity contribution is -0.140. The molecule has 0 saturated carbocycles. The van der Waals surface area contributed by atoms with Gasteiger partial charge in [0.25, 0.3) is 0 Å². The smallest absolute Gasteiger partial charge is 0.319 e. The molecule has 0 aromatic carbocycles. The van der Waals surface area contributed by atoms with Gasteiger partial charge in [0.2, 0.25) is 0 Å². The molecular formula is C8H15NO2. The highest BCUT2D eigenvalue weighted by Gasteiger charge is 1.93. The monoisotopic (exact) mass is 157 g/mol. The lowest BCUT2D eigenvalue weighted by Gasteiger charge is -1.96. The molecule has 3 nitrogen and oxygen atoms in total. The number of hydrogen-bond acceptors (Lipinski definition) is 3. The Morgan fingerprint density at radius 1 is 1.45 bits per heavy atom. The first-order valence-electron chi connectivity index (χ1n) is 3.88. The summed E-state index contributed by atoms with van der Waals surface area (Å²) in [5.74, 6) is -0.360. The van der Waals surface area contributed by atoms with E-state index in [1.54, 1.807) is 0 Å². The molecule has 0 aliphatic carbocycles. The lowest BCUT2D eigenvalue weighted by Crippen LogP contribution is -1.97. The summed E-state index contributed by atoms with van der Waals surface area (Å²) >= 11 is 0. The van der Waals surface area contributed by atoms with Crippen LogP contribution in [0.4, 0.5) is 0 Å². The van der Waals surface area contributed by atoms with Crippen molar-refractivity contribution in [1.29, 1.82) is 0 Å². The predicted molar refractivity (Wildman–Crippen MR) is 44.4 cm³/mol. The highest BCUT2D eigenvalue weighted by atomic mass is 16.7. The van der Waals surface area contributed by atoms with Gasteiger partial charge in [-0.15, -0.1) is 0 Å². The van der Waals surface area contributed by atoms with E-state index in [-0.39, 0.29) is 5.97 Å². The maximum atomic E-state index is 10.3. The average Bonchev–Trinajstić information content (AvgIpc) is 1.97. The van der Waals surface area contributed by atoms with Crippen LogP contribution in [0.5, 0.6) is 0 Å². The molecule has 0 radical (unpaired) electrons. The summed E-state index contributed by atoms with van der Waals surface area (Å²) in [6.07, 6.45) is 3.13. The Morgan fingerprint density at radius 3 is 2.55 bits per heavy atom. The quantitative estimate of drug-likeness (QED) is 0.356. The van der Waals surface area contributed by atoms with Crippen molar-refractivity contribution in [3.63, 3.8) is 0 Å². The standard InChI is InChI=1S/C8H15NO2/c1-4-5-6-7(2)9-11-8(3)10/h4-6H2,1-3H3/b9-7+. The van der Waals surface area contributed by atoms with Gasteiger partial charge in [0.1, 0.15) is 0 Å². The minimum absolute atomic E-state index is 0.360. The van der Waals surface area contributed by atoms with Crippen LogP contribution >= 0.6 is 0 Å². The van der Waals surface area contributed by atoms with Crippen molar-refractivity contribution in [1.82, 2.24) is 0 Å². The molecule has 0 aromatic rings. The maximum absolute atomic E-state index is 10.3. The van der Waals surface area contributed by atoms with Crippen LogP contribution in [0.25, 0.3) is 0 Å². The molecule has 0 aliphatic rings. The van der Waals surface area contributed by atoms with Crippen molar-refractivity contribution >= 4 is 11.7 Å². The Balaban J connectivity index is 3.54. The largest absolute Gasteiger partial charge is 0.331 e. The number of unbranched alkanes of at least 4 members (excludes halogenated alkanes) is 1. The SMILES string of the molecule is CCCC/C(C)=N/OC(C)=O. The molecule has 3 heteroatoms. The van der Waals surface area contributed by atoms with Gasteiger partial charge in [-0.25, -0.2) is 4.79 Å². The maximum Gasteiger partial charge on any atom is 0.331 e. The van der Waals surface area contributed by atoms with E-state index in [4.69, 9.17) is 0 Å². The number of nitrogens with zero attached hydrogens (tertiary/aromatic N) is 1. The summed E-state index contributed by atoms with van der Waals surface area (Å²) in [6.45, 7) is 5.31.